The fraction of sp³-hybridized carbons (Fsp3) is 0.769. The first kappa shape index (κ1) is 17.2. The van der Waals surface area contributed by atoms with Gasteiger partial charge >= 0.3 is 12.0 Å². The van der Waals surface area contributed by atoms with Gasteiger partial charge in [-0.05, 0) is 39.3 Å². The summed E-state index contributed by atoms with van der Waals surface area (Å²) in [5.41, 5.74) is 5.01. The molecule has 0 aromatic rings. The first-order valence-corrected chi connectivity index (χ1v) is 7.24. The van der Waals surface area contributed by atoms with Crippen molar-refractivity contribution in [3.8, 4) is 0 Å². The second-order valence-corrected chi connectivity index (χ2v) is 5.11. The maximum atomic E-state index is 12.2. The van der Waals surface area contributed by atoms with Gasteiger partial charge in [-0.1, -0.05) is 0 Å². The molecule has 1 aliphatic rings. The zero-order chi connectivity index (χ0) is 15.8. The molecular formula is C13H24N4O4. The summed E-state index contributed by atoms with van der Waals surface area (Å²) < 4.78 is 0. The minimum Gasteiger partial charge on any atom is -0.480 e. The van der Waals surface area contributed by atoms with Gasteiger partial charge in [-0.2, -0.15) is 0 Å². The Hall–Kier alpha value is -1.83. The van der Waals surface area contributed by atoms with E-state index in [0.717, 1.165) is 25.9 Å². The molecule has 0 spiro atoms. The van der Waals surface area contributed by atoms with Crippen LogP contribution >= 0.6 is 0 Å². The van der Waals surface area contributed by atoms with Gasteiger partial charge in [-0.15, -0.1) is 0 Å². The van der Waals surface area contributed by atoms with Gasteiger partial charge in [-0.3, -0.25) is 4.79 Å². The summed E-state index contributed by atoms with van der Waals surface area (Å²) in [6, 6.07) is -1.39. The van der Waals surface area contributed by atoms with Crippen LogP contribution in [0.15, 0.2) is 0 Å². The summed E-state index contributed by atoms with van der Waals surface area (Å²) in [6.45, 7) is 4.07. The number of carbonyl (C=O) groups excluding carboxylic acids is 2. The summed E-state index contributed by atoms with van der Waals surface area (Å²) in [4.78, 5) is 35.8. The number of amides is 3. The van der Waals surface area contributed by atoms with Crippen molar-refractivity contribution in [3.63, 3.8) is 0 Å². The standard InChI is InChI=1S/C13H24N4O4/c1-2-17(9-5-7-15-8-6-9)13(21)16-10(12(19)20)3-4-11(14)18/h9-10,15H,2-8H2,1H3,(H2,14,18)(H,16,21)(H,19,20)/t10-/m0/s1. The zero-order valence-corrected chi connectivity index (χ0v) is 12.3. The maximum absolute atomic E-state index is 12.2. The second kappa shape index (κ2) is 8.46. The lowest BCUT2D eigenvalue weighted by molar-refractivity contribution is -0.139. The molecule has 1 fully saturated rings. The minimum atomic E-state index is -1.16. The minimum absolute atomic E-state index is 0.000182. The van der Waals surface area contributed by atoms with Crippen LogP contribution in [0.3, 0.4) is 0 Å². The third-order valence-corrected chi connectivity index (χ3v) is 3.63. The largest absolute Gasteiger partial charge is 0.480 e. The second-order valence-electron chi connectivity index (χ2n) is 5.11. The topological polar surface area (TPSA) is 125 Å². The molecule has 8 heteroatoms. The van der Waals surface area contributed by atoms with E-state index in [4.69, 9.17) is 10.8 Å². The molecule has 5 N–H and O–H groups in total. The fourth-order valence-corrected chi connectivity index (χ4v) is 2.46. The molecule has 0 bridgehead atoms. The molecule has 3 amide bonds. The molecule has 1 saturated heterocycles. The lowest BCUT2D eigenvalue weighted by atomic mass is 10.1. The van der Waals surface area contributed by atoms with Gasteiger partial charge in [0.15, 0.2) is 0 Å². The molecule has 120 valence electrons. The molecule has 0 unspecified atom stereocenters. The van der Waals surface area contributed by atoms with Crippen LogP contribution in [0, 0.1) is 0 Å². The number of nitrogens with two attached hydrogens (primary N) is 1. The number of aliphatic carboxylic acids is 1. The van der Waals surface area contributed by atoms with Crippen LogP contribution < -0.4 is 16.4 Å². The molecule has 21 heavy (non-hydrogen) atoms. The average Bonchev–Trinajstić information content (AvgIpc) is 2.44. The number of nitrogens with one attached hydrogen (secondary N) is 2. The number of urea groups is 1. The molecule has 1 atom stereocenters. The van der Waals surface area contributed by atoms with Crippen LogP contribution in [-0.2, 0) is 9.59 Å². The number of hydrogen-bond donors (Lipinski definition) is 4. The molecule has 0 aromatic carbocycles. The third-order valence-electron chi connectivity index (χ3n) is 3.63. The van der Waals surface area contributed by atoms with Gasteiger partial charge in [0.05, 0.1) is 0 Å². The molecule has 0 radical (unpaired) electrons. The molecule has 1 rings (SSSR count). The van der Waals surface area contributed by atoms with E-state index in [9.17, 15) is 14.4 Å². The maximum Gasteiger partial charge on any atom is 0.326 e. The van der Waals surface area contributed by atoms with E-state index >= 15 is 0 Å². The van der Waals surface area contributed by atoms with Crippen molar-refractivity contribution in [3.05, 3.63) is 0 Å². The summed E-state index contributed by atoms with van der Waals surface area (Å²) in [5, 5.41) is 14.8. The lowest BCUT2D eigenvalue weighted by Gasteiger charge is -2.34. The van der Waals surface area contributed by atoms with Crippen molar-refractivity contribution in [1.29, 1.82) is 0 Å². The van der Waals surface area contributed by atoms with Crippen molar-refractivity contribution in [2.75, 3.05) is 19.6 Å². The highest BCUT2D eigenvalue weighted by Gasteiger charge is 2.27. The van der Waals surface area contributed by atoms with Crippen LogP contribution in [0.5, 0.6) is 0 Å². The van der Waals surface area contributed by atoms with Crippen LogP contribution in [-0.4, -0.2) is 59.6 Å². The Kier molecular flexibility index (Phi) is 6.93. The molecule has 1 heterocycles. The Morgan fingerprint density at radius 1 is 1.38 bits per heavy atom. The van der Waals surface area contributed by atoms with Crippen molar-refractivity contribution in [2.24, 2.45) is 5.73 Å². The van der Waals surface area contributed by atoms with Gasteiger partial charge in [0.1, 0.15) is 6.04 Å². The predicted molar refractivity (Wildman–Crippen MR) is 76.7 cm³/mol. The quantitative estimate of drug-likeness (QED) is 0.504. The van der Waals surface area contributed by atoms with E-state index in [1.165, 1.54) is 0 Å². The average molecular weight is 300 g/mol. The Labute approximate surface area is 124 Å². The number of primary amides is 1. The smallest absolute Gasteiger partial charge is 0.326 e. The summed E-state index contributed by atoms with van der Waals surface area (Å²) in [7, 11) is 0. The highest BCUT2D eigenvalue weighted by atomic mass is 16.4. The normalized spacial score (nSPS) is 17.0. The first-order valence-electron chi connectivity index (χ1n) is 7.24. The van der Waals surface area contributed by atoms with E-state index in [1.807, 2.05) is 6.92 Å². The summed E-state index contributed by atoms with van der Waals surface area (Å²) >= 11 is 0. The highest BCUT2D eigenvalue weighted by Crippen LogP contribution is 2.12. The number of rotatable bonds is 7. The number of nitrogens with zero attached hydrogens (tertiary/aromatic N) is 1. The van der Waals surface area contributed by atoms with Gasteiger partial charge in [-0.25, -0.2) is 9.59 Å². The van der Waals surface area contributed by atoms with Crippen molar-refractivity contribution in [2.45, 2.75) is 44.7 Å². The summed E-state index contributed by atoms with van der Waals surface area (Å²) in [6.07, 6.45) is 1.62. The van der Waals surface area contributed by atoms with Gasteiger partial charge < -0.3 is 26.4 Å². The molecule has 8 nitrogen and oxygen atoms in total. The molecule has 0 aliphatic carbocycles. The molecule has 0 saturated carbocycles. The number of carboxylic acid groups (broad SMARTS) is 1. The monoisotopic (exact) mass is 300 g/mol. The van der Waals surface area contributed by atoms with E-state index in [1.54, 1.807) is 4.90 Å². The Bertz CT molecular complexity index is 382. The van der Waals surface area contributed by atoms with Gasteiger partial charge in [0.25, 0.3) is 0 Å². The van der Waals surface area contributed by atoms with Gasteiger partial charge in [0, 0.05) is 19.0 Å². The van der Waals surface area contributed by atoms with Gasteiger partial charge in [0.2, 0.25) is 5.91 Å². The van der Waals surface area contributed by atoms with Crippen molar-refractivity contribution in [1.82, 2.24) is 15.5 Å². The highest BCUT2D eigenvalue weighted by molar-refractivity contribution is 5.83. The number of hydrogen-bond acceptors (Lipinski definition) is 4. The molecule has 0 aromatic heterocycles. The van der Waals surface area contributed by atoms with E-state index < -0.39 is 23.9 Å². The Morgan fingerprint density at radius 2 is 2.00 bits per heavy atom. The lowest BCUT2D eigenvalue weighted by Crippen LogP contribution is -2.53. The molecule has 1 aliphatic heterocycles. The van der Waals surface area contributed by atoms with Crippen LogP contribution in [0.4, 0.5) is 4.79 Å². The molecular weight excluding hydrogens is 276 g/mol. The SMILES string of the molecule is CCN(C(=O)N[C@@H](CCC(N)=O)C(=O)O)C1CCNCC1. The fourth-order valence-electron chi connectivity index (χ4n) is 2.46. The third kappa shape index (κ3) is 5.58. The Balaban J connectivity index is 2.60. The summed E-state index contributed by atoms with van der Waals surface area (Å²) in [5.74, 6) is -1.74. The predicted octanol–water partition coefficient (Wildman–Crippen LogP) is -0.511. The number of carbonyl (C=O) groups is 3. The number of piperidine rings is 1. The van der Waals surface area contributed by atoms with Crippen molar-refractivity contribution < 1.29 is 19.5 Å². The van der Waals surface area contributed by atoms with E-state index in [-0.39, 0.29) is 18.9 Å². The first-order chi connectivity index (χ1) is 9.95. The van der Waals surface area contributed by atoms with E-state index in [0.29, 0.717) is 6.54 Å². The van der Waals surface area contributed by atoms with Crippen LogP contribution in [0.1, 0.15) is 32.6 Å². The van der Waals surface area contributed by atoms with Crippen LogP contribution in [0.25, 0.3) is 0 Å². The van der Waals surface area contributed by atoms with Crippen molar-refractivity contribution >= 4 is 17.9 Å². The zero-order valence-electron chi connectivity index (χ0n) is 12.3. The van der Waals surface area contributed by atoms with Crippen LogP contribution in [0.2, 0.25) is 0 Å². The number of carboxylic acids is 1. The van der Waals surface area contributed by atoms with E-state index in [2.05, 4.69) is 10.6 Å². The Morgan fingerprint density at radius 3 is 2.48 bits per heavy atom.